The van der Waals surface area contributed by atoms with E-state index in [0.29, 0.717) is 5.56 Å². The van der Waals surface area contributed by atoms with E-state index in [0.717, 1.165) is 7.11 Å². The molecule has 10 nitrogen and oxygen atoms in total. The summed E-state index contributed by atoms with van der Waals surface area (Å²) in [5, 5.41) is 20.6. The van der Waals surface area contributed by atoms with Crippen molar-refractivity contribution in [1.82, 2.24) is 4.57 Å². The highest BCUT2D eigenvalue weighted by atomic mass is 16.6. The Labute approximate surface area is 148 Å². The molecular weight excluding hydrogens is 344 g/mol. The number of benzene rings is 1. The van der Waals surface area contributed by atoms with Gasteiger partial charge in [-0.3, -0.25) is 10.1 Å². The molecular formula is C16H16N4O6. The van der Waals surface area contributed by atoms with Crippen LogP contribution in [0, 0.1) is 28.4 Å². The van der Waals surface area contributed by atoms with Gasteiger partial charge in [-0.25, -0.2) is 4.79 Å². The van der Waals surface area contributed by atoms with Gasteiger partial charge in [0, 0.05) is 17.8 Å². The zero-order valence-electron chi connectivity index (χ0n) is 14.5. The number of methoxy groups -OCH3 is 3. The van der Waals surface area contributed by atoms with E-state index in [9.17, 15) is 20.2 Å². The molecule has 0 aliphatic heterocycles. The predicted octanol–water partition coefficient (Wildman–Crippen LogP) is 1.95. The van der Waals surface area contributed by atoms with Crippen LogP contribution in [0.3, 0.4) is 0 Å². The number of esters is 1. The first-order chi connectivity index (χ1) is 12.3. The lowest BCUT2D eigenvalue weighted by atomic mass is 10.1. The summed E-state index contributed by atoms with van der Waals surface area (Å²) in [7, 11) is 3.83. The van der Waals surface area contributed by atoms with Crippen LogP contribution in [-0.4, -0.2) is 36.8 Å². The molecule has 1 aromatic carbocycles. The number of nitro groups is 1. The zero-order chi connectivity index (χ0) is 19.6. The number of carbonyl (C=O) groups excluding carboxylic acids is 1. The van der Waals surface area contributed by atoms with E-state index in [1.165, 1.54) is 31.0 Å². The number of nitrogen functional groups attached to an aromatic ring is 1. The van der Waals surface area contributed by atoms with E-state index in [4.69, 9.17) is 19.9 Å². The highest BCUT2D eigenvalue weighted by molar-refractivity contribution is 5.96. The maximum absolute atomic E-state index is 12.2. The van der Waals surface area contributed by atoms with Crippen LogP contribution in [0.5, 0.6) is 11.5 Å². The van der Waals surface area contributed by atoms with Crippen molar-refractivity contribution in [3.05, 3.63) is 39.2 Å². The lowest BCUT2D eigenvalue weighted by molar-refractivity contribution is -0.385. The van der Waals surface area contributed by atoms with Crippen molar-refractivity contribution in [2.24, 2.45) is 0 Å². The van der Waals surface area contributed by atoms with Gasteiger partial charge in [-0.15, -0.1) is 0 Å². The number of nitrogens with zero attached hydrogens (tertiary/aromatic N) is 3. The molecule has 0 fully saturated rings. The van der Waals surface area contributed by atoms with Gasteiger partial charge >= 0.3 is 11.7 Å². The van der Waals surface area contributed by atoms with Crippen LogP contribution in [0.15, 0.2) is 12.3 Å². The van der Waals surface area contributed by atoms with Gasteiger partial charge in [0.1, 0.15) is 11.8 Å². The topological polar surface area (TPSA) is 143 Å². The predicted molar refractivity (Wildman–Crippen MR) is 90.7 cm³/mol. The SMILES string of the molecule is COC(=O)c1c(N)c(C#N)cn1-c1cc([N+](=O)[O-])c(OC)c(C)c1OC. The Morgan fingerprint density at radius 2 is 1.92 bits per heavy atom. The first-order valence-corrected chi connectivity index (χ1v) is 7.21. The molecule has 0 aliphatic rings. The number of carbonyl (C=O) groups is 1. The first kappa shape index (κ1) is 18.6. The molecule has 0 spiro atoms. The second-order valence-corrected chi connectivity index (χ2v) is 5.14. The van der Waals surface area contributed by atoms with Gasteiger partial charge in [-0.2, -0.15) is 5.26 Å². The molecule has 0 unspecified atom stereocenters. The summed E-state index contributed by atoms with van der Waals surface area (Å²) in [6, 6.07) is 3.04. The molecule has 0 aliphatic carbocycles. The number of aromatic nitrogens is 1. The molecule has 0 bridgehead atoms. The molecule has 2 aromatic rings. The second-order valence-electron chi connectivity index (χ2n) is 5.14. The van der Waals surface area contributed by atoms with Crippen LogP contribution < -0.4 is 15.2 Å². The zero-order valence-corrected chi connectivity index (χ0v) is 14.5. The highest BCUT2D eigenvalue weighted by Gasteiger charge is 2.29. The maximum Gasteiger partial charge on any atom is 0.357 e. The number of hydrogen-bond donors (Lipinski definition) is 1. The van der Waals surface area contributed by atoms with Gasteiger partial charge in [0.25, 0.3) is 0 Å². The number of rotatable bonds is 5. The largest absolute Gasteiger partial charge is 0.494 e. The van der Waals surface area contributed by atoms with Gasteiger partial charge in [0.05, 0.1) is 43.2 Å². The molecule has 1 heterocycles. The number of nitro benzene ring substituents is 1. The van der Waals surface area contributed by atoms with E-state index in [1.54, 1.807) is 6.92 Å². The van der Waals surface area contributed by atoms with Crippen LogP contribution in [-0.2, 0) is 4.74 Å². The van der Waals surface area contributed by atoms with Gasteiger partial charge in [-0.1, -0.05) is 0 Å². The Morgan fingerprint density at radius 1 is 1.31 bits per heavy atom. The van der Waals surface area contributed by atoms with Gasteiger partial charge in [0.15, 0.2) is 5.69 Å². The standard InChI is InChI=1S/C16H16N4O6/c1-8-14(24-2)10(5-11(20(22)23)15(8)25-3)19-7-9(6-17)12(18)13(19)16(21)26-4/h5,7H,18H2,1-4H3. The minimum Gasteiger partial charge on any atom is -0.494 e. The number of ether oxygens (including phenoxy) is 3. The summed E-state index contributed by atoms with van der Waals surface area (Å²) >= 11 is 0. The van der Waals surface area contributed by atoms with Gasteiger partial charge in [0.2, 0.25) is 5.75 Å². The molecule has 10 heteroatoms. The van der Waals surface area contributed by atoms with E-state index < -0.39 is 10.9 Å². The van der Waals surface area contributed by atoms with Crippen molar-refractivity contribution in [3.8, 4) is 23.3 Å². The maximum atomic E-state index is 12.2. The van der Waals surface area contributed by atoms with Crippen LogP contribution >= 0.6 is 0 Å². The quantitative estimate of drug-likeness (QED) is 0.484. The van der Waals surface area contributed by atoms with E-state index in [1.807, 2.05) is 6.07 Å². The molecule has 2 N–H and O–H groups in total. The summed E-state index contributed by atoms with van der Waals surface area (Å²) in [5.41, 5.74) is 5.81. The molecule has 0 amide bonds. The average Bonchev–Trinajstić information content (AvgIpc) is 2.96. The molecule has 2 rings (SSSR count). The molecule has 0 atom stereocenters. The minimum absolute atomic E-state index is 0.0172. The van der Waals surface area contributed by atoms with Gasteiger partial charge in [-0.05, 0) is 6.92 Å². The number of nitrogens with two attached hydrogens (primary N) is 1. The van der Waals surface area contributed by atoms with Crippen molar-refractivity contribution in [1.29, 1.82) is 5.26 Å². The Hall–Kier alpha value is -3.74. The summed E-state index contributed by atoms with van der Waals surface area (Å²) < 4.78 is 16.4. The van der Waals surface area contributed by atoms with Gasteiger partial charge < -0.3 is 24.5 Å². The summed E-state index contributed by atoms with van der Waals surface area (Å²) in [5.74, 6) is -0.560. The summed E-state index contributed by atoms with van der Waals surface area (Å²) in [6.07, 6.45) is 1.29. The Balaban J connectivity index is 2.95. The van der Waals surface area contributed by atoms with E-state index >= 15 is 0 Å². The van der Waals surface area contributed by atoms with Crippen LogP contribution in [0.4, 0.5) is 11.4 Å². The van der Waals surface area contributed by atoms with Crippen LogP contribution in [0.1, 0.15) is 21.6 Å². The molecule has 26 heavy (non-hydrogen) atoms. The van der Waals surface area contributed by atoms with E-state index in [-0.39, 0.29) is 39.8 Å². The molecule has 0 saturated heterocycles. The van der Waals surface area contributed by atoms with Crippen molar-refractivity contribution in [2.45, 2.75) is 6.92 Å². The number of hydrogen-bond acceptors (Lipinski definition) is 8. The normalized spacial score (nSPS) is 10.1. The smallest absolute Gasteiger partial charge is 0.357 e. The fourth-order valence-electron chi connectivity index (χ4n) is 2.68. The third-order valence-corrected chi connectivity index (χ3v) is 3.83. The van der Waals surface area contributed by atoms with Crippen molar-refractivity contribution < 1.29 is 23.9 Å². The third kappa shape index (κ3) is 2.75. The molecule has 1 aromatic heterocycles. The minimum atomic E-state index is -0.804. The van der Waals surface area contributed by atoms with Crippen molar-refractivity contribution >= 4 is 17.3 Å². The summed E-state index contributed by atoms with van der Waals surface area (Å²) in [6.45, 7) is 1.57. The summed E-state index contributed by atoms with van der Waals surface area (Å²) in [4.78, 5) is 23.0. The molecule has 0 saturated carbocycles. The number of anilines is 1. The third-order valence-electron chi connectivity index (χ3n) is 3.83. The highest BCUT2D eigenvalue weighted by Crippen LogP contribution is 2.42. The fourth-order valence-corrected chi connectivity index (χ4v) is 2.68. The Kier molecular flexibility index (Phi) is 5.02. The van der Waals surface area contributed by atoms with E-state index in [2.05, 4.69) is 0 Å². The lowest BCUT2D eigenvalue weighted by Crippen LogP contribution is -2.12. The van der Waals surface area contributed by atoms with Crippen LogP contribution in [0.2, 0.25) is 0 Å². The molecule has 0 radical (unpaired) electrons. The fraction of sp³-hybridized carbons (Fsp3) is 0.250. The second kappa shape index (κ2) is 7.02. The lowest BCUT2D eigenvalue weighted by Gasteiger charge is -2.17. The van der Waals surface area contributed by atoms with Crippen molar-refractivity contribution in [3.63, 3.8) is 0 Å². The first-order valence-electron chi connectivity index (χ1n) is 7.21. The monoisotopic (exact) mass is 360 g/mol. The average molecular weight is 360 g/mol. The Morgan fingerprint density at radius 3 is 2.38 bits per heavy atom. The molecule has 136 valence electrons. The Bertz CT molecular complexity index is 941. The number of nitriles is 1. The van der Waals surface area contributed by atoms with Crippen molar-refractivity contribution in [2.75, 3.05) is 27.1 Å². The van der Waals surface area contributed by atoms with Crippen LogP contribution in [0.25, 0.3) is 5.69 Å².